The number of rotatable bonds is 2. The molecule has 0 aromatic carbocycles. The van der Waals surface area contributed by atoms with E-state index in [1.807, 2.05) is 0 Å². The lowest BCUT2D eigenvalue weighted by Gasteiger charge is -1.89. The van der Waals surface area contributed by atoms with Crippen LogP contribution >= 0.6 is 0 Å². The van der Waals surface area contributed by atoms with Crippen molar-refractivity contribution in [3.63, 3.8) is 0 Å². The van der Waals surface area contributed by atoms with Gasteiger partial charge >= 0.3 is 11.6 Å². The Bertz CT molecular complexity index is 341. The molecule has 1 aromatic rings. The van der Waals surface area contributed by atoms with Gasteiger partial charge in [0.1, 0.15) is 5.10 Å². The van der Waals surface area contributed by atoms with Gasteiger partial charge in [0.2, 0.25) is 0 Å². The summed E-state index contributed by atoms with van der Waals surface area (Å²) in [6, 6.07) is 0. The molecule has 1 heterocycles. The van der Waals surface area contributed by atoms with Crippen LogP contribution in [0.15, 0.2) is 0 Å². The Morgan fingerprint density at radius 3 is 2.25 bits per heavy atom. The second kappa shape index (κ2) is 2.41. The molecule has 0 amide bonds. The Balaban J connectivity index is 3.31. The molecule has 1 rings (SSSR count). The third kappa shape index (κ3) is 1.00. The molecule has 12 heavy (non-hydrogen) atoms. The number of nitrogen functional groups attached to an aromatic ring is 1. The minimum atomic E-state index is -1.03. The molecule has 0 aliphatic heterocycles. The zero-order chi connectivity index (χ0) is 9.30. The first-order chi connectivity index (χ1) is 5.54. The smallest absolute Gasteiger partial charge is 0.358 e. The lowest BCUT2D eigenvalue weighted by molar-refractivity contribution is -0.428. The standard InChI is InChI=1S/C2H2N6O4/c3-6-2(8(11)12)1(4-5-6)7(9)10/h3H2. The normalized spacial score (nSPS) is 9.67. The number of aromatic nitrogens is 3. The fraction of sp³-hybridized carbons (Fsp3) is 0. The van der Waals surface area contributed by atoms with Gasteiger partial charge in [-0.15, -0.1) is 0 Å². The van der Waals surface area contributed by atoms with Gasteiger partial charge in [-0.3, -0.25) is 0 Å². The molecule has 10 heteroatoms. The van der Waals surface area contributed by atoms with Crippen LogP contribution in [0.25, 0.3) is 0 Å². The summed E-state index contributed by atoms with van der Waals surface area (Å²) in [6.45, 7) is 0. The minimum absolute atomic E-state index is 0.234. The molecule has 0 aliphatic rings. The Morgan fingerprint density at radius 1 is 1.33 bits per heavy atom. The van der Waals surface area contributed by atoms with Crippen molar-refractivity contribution in [3.8, 4) is 0 Å². The minimum Gasteiger partial charge on any atom is -0.358 e. The van der Waals surface area contributed by atoms with Gasteiger partial charge in [-0.1, -0.05) is 0 Å². The Labute approximate surface area is 63.8 Å². The van der Waals surface area contributed by atoms with Gasteiger partial charge in [0.25, 0.3) is 0 Å². The second-order valence-corrected chi connectivity index (χ2v) is 1.70. The third-order valence-corrected chi connectivity index (χ3v) is 0.999. The van der Waals surface area contributed by atoms with Crippen LogP contribution in [0, 0.1) is 20.2 Å². The first-order valence-corrected chi connectivity index (χ1v) is 2.53. The van der Waals surface area contributed by atoms with E-state index in [0.29, 0.717) is 0 Å². The predicted molar refractivity (Wildman–Crippen MR) is 33.5 cm³/mol. The maximum Gasteiger partial charge on any atom is 0.492 e. The van der Waals surface area contributed by atoms with Gasteiger partial charge in [-0.2, -0.15) is 0 Å². The van der Waals surface area contributed by atoms with E-state index in [4.69, 9.17) is 5.84 Å². The zero-order valence-electron chi connectivity index (χ0n) is 5.45. The van der Waals surface area contributed by atoms with Crippen LogP contribution in [-0.2, 0) is 0 Å². The van der Waals surface area contributed by atoms with Crippen molar-refractivity contribution < 1.29 is 9.85 Å². The molecule has 0 saturated carbocycles. The zero-order valence-corrected chi connectivity index (χ0v) is 5.45. The van der Waals surface area contributed by atoms with E-state index < -0.39 is 21.5 Å². The number of hydrogen-bond donors (Lipinski definition) is 1. The highest BCUT2D eigenvalue weighted by molar-refractivity contribution is 5.38. The highest BCUT2D eigenvalue weighted by Crippen LogP contribution is 2.20. The van der Waals surface area contributed by atoms with Gasteiger partial charge in [0.05, 0.1) is 0 Å². The van der Waals surface area contributed by atoms with Crippen LogP contribution in [0.1, 0.15) is 0 Å². The van der Waals surface area contributed by atoms with E-state index in [1.165, 1.54) is 0 Å². The lowest BCUT2D eigenvalue weighted by atomic mass is 10.7. The molecular weight excluding hydrogens is 172 g/mol. The largest absolute Gasteiger partial charge is 0.492 e. The molecule has 64 valence electrons. The summed E-state index contributed by atoms with van der Waals surface area (Å²) in [5, 5.41) is 26.0. The van der Waals surface area contributed by atoms with Crippen LogP contribution in [-0.4, -0.2) is 24.9 Å². The first-order valence-electron chi connectivity index (χ1n) is 2.53. The SMILES string of the molecule is Nn1nnc([N+](=O)[O-])c1[N+](=O)[O-]. The third-order valence-electron chi connectivity index (χ3n) is 0.999. The van der Waals surface area contributed by atoms with E-state index in [-0.39, 0.29) is 4.79 Å². The van der Waals surface area contributed by atoms with Gasteiger partial charge in [0, 0.05) is 4.79 Å². The Morgan fingerprint density at radius 2 is 1.92 bits per heavy atom. The molecular formula is C2H2N6O4. The molecule has 0 saturated heterocycles. The van der Waals surface area contributed by atoms with Crippen molar-refractivity contribution in [2.24, 2.45) is 0 Å². The summed E-state index contributed by atoms with van der Waals surface area (Å²) in [5.41, 5.74) is 0. The molecule has 0 spiro atoms. The average Bonchev–Trinajstić information content (AvgIpc) is 2.30. The number of nitro groups is 2. The monoisotopic (exact) mass is 174 g/mol. The molecule has 0 radical (unpaired) electrons. The van der Waals surface area contributed by atoms with Crippen molar-refractivity contribution >= 4 is 11.6 Å². The van der Waals surface area contributed by atoms with Gasteiger partial charge in [-0.25, -0.2) is 5.84 Å². The molecule has 1 aromatic heterocycles. The van der Waals surface area contributed by atoms with E-state index in [1.54, 1.807) is 0 Å². The van der Waals surface area contributed by atoms with Gasteiger partial charge < -0.3 is 20.2 Å². The van der Waals surface area contributed by atoms with Crippen LogP contribution in [0.5, 0.6) is 0 Å². The second-order valence-electron chi connectivity index (χ2n) is 1.70. The highest BCUT2D eigenvalue weighted by atomic mass is 16.6. The highest BCUT2D eigenvalue weighted by Gasteiger charge is 2.33. The van der Waals surface area contributed by atoms with Crippen LogP contribution in [0.4, 0.5) is 11.6 Å². The predicted octanol–water partition coefficient (Wildman–Crippen LogP) is -1.19. The Hall–Kier alpha value is -2.26. The summed E-state index contributed by atoms with van der Waals surface area (Å²) in [5.74, 6) is 2.96. The van der Waals surface area contributed by atoms with Crippen molar-refractivity contribution in [2.75, 3.05) is 5.84 Å². The maximum absolute atomic E-state index is 10.1. The molecule has 2 N–H and O–H groups in total. The molecule has 10 nitrogen and oxygen atoms in total. The van der Waals surface area contributed by atoms with Crippen molar-refractivity contribution in [1.29, 1.82) is 0 Å². The topological polar surface area (TPSA) is 143 Å². The summed E-state index contributed by atoms with van der Waals surface area (Å²) in [4.78, 5) is 18.4. The quantitative estimate of drug-likeness (QED) is 0.337. The van der Waals surface area contributed by atoms with E-state index in [2.05, 4.69) is 10.3 Å². The van der Waals surface area contributed by atoms with Crippen LogP contribution < -0.4 is 5.84 Å². The van der Waals surface area contributed by atoms with Crippen LogP contribution in [0.3, 0.4) is 0 Å². The molecule has 0 fully saturated rings. The number of nitrogens with two attached hydrogens (primary N) is 1. The van der Waals surface area contributed by atoms with E-state index in [0.717, 1.165) is 0 Å². The fourth-order valence-corrected chi connectivity index (χ4v) is 0.564. The number of nitrogens with zero attached hydrogens (tertiary/aromatic N) is 5. The first kappa shape index (κ1) is 7.84. The summed E-state index contributed by atoms with van der Waals surface area (Å²) in [6.07, 6.45) is 0. The maximum atomic E-state index is 10.1. The summed E-state index contributed by atoms with van der Waals surface area (Å²) < 4.78 is 0. The van der Waals surface area contributed by atoms with Gasteiger partial charge in [-0.05, 0) is 9.85 Å². The molecule has 0 unspecified atom stereocenters. The fourth-order valence-electron chi connectivity index (χ4n) is 0.564. The molecule has 0 atom stereocenters. The van der Waals surface area contributed by atoms with Crippen molar-refractivity contribution in [3.05, 3.63) is 20.2 Å². The summed E-state index contributed by atoms with van der Waals surface area (Å²) in [7, 11) is 0. The van der Waals surface area contributed by atoms with Crippen molar-refractivity contribution in [1.82, 2.24) is 15.1 Å². The van der Waals surface area contributed by atoms with E-state index in [9.17, 15) is 20.2 Å². The summed E-state index contributed by atoms with van der Waals surface area (Å²) >= 11 is 0. The van der Waals surface area contributed by atoms with Crippen LogP contribution in [0.2, 0.25) is 0 Å². The average molecular weight is 174 g/mol. The molecule has 0 aliphatic carbocycles. The van der Waals surface area contributed by atoms with Gasteiger partial charge in [0.15, 0.2) is 5.21 Å². The van der Waals surface area contributed by atoms with E-state index >= 15 is 0 Å². The Kier molecular flexibility index (Phi) is 1.58. The molecule has 0 bridgehead atoms. The lowest BCUT2D eigenvalue weighted by Crippen LogP contribution is -2.13. The van der Waals surface area contributed by atoms with Crippen molar-refractivity contribution in [2.45, 2.75) is 0 Å². The number of hydrogen-bond acceptors (Lipinski definition) is 7.